The number of halogens is 1. The van der Waals surface area contributed by atoms with Crippen LogP contribution in [0.3, 0.4) is 0 Å². The van der Waals surface area contributed by atoms with E-state index in [1.807, 2.05) is 0 Å². The van der Waals surface area contributed by atoms with Crippen LogP contribution in [0.1, 0.15) is 53.1 Å². The monoisotopic (exact) mass is 588 g/mol. The van der Waals surface area contributed by atoms with Crippen molar-refractivity contribution in [1.82, 2.24) is 28.7 Å². The van der Waals surface area contributed by atoms with Gasteiger partial charge in [0.15, 0.2) is 10.6 Å². The van der Waals surface area contributed by atoms with Crippen molar-refractivity contribution in [1.29, 1.82) is 0 Å². The molecule has 2 aliphatic heterocycles. The van der Waals surface area contributed by atoms with Crippen LogP contribution in [0.2, 0.25) is 0 Å². The number of aromatic nitrogens is 4. The van der Waals surface area contributed by atoms with Crippen LogP contribution in [-0.2, 0) is 42.7 Å². The number of fused-ring (bicyclic) bond motifs is 2. The number of amides is 1. The minimum absolute atomic E-state index is 0.000382. The highest BCUT2D eigenvalue weighted by molar-refractivity contribution is 7.89. The summed E-state index contributed by atoms with van der Waals surface area (Å²) in [6, 6.07) is 4.28. The molecule has 3 aliphatic rings. The van der Waals surface area contributed by atoms with Gasteiger partial charge < -0.3 is 15.0 Å². The van der Waals surface area contributed by atoms with Crippen LogP contribution in [0.25, 0.3) is 0 Å². The Morgan fingerprint density at radius 3 is 2.51 bits per heavy atom. The zero-order chi connectivity index (χ0) is 29.9. The summed E-state index contributed by atoms with van der Waals surface area (Å²) in [4.78, 5) is 55.0. The Labute approximate surface area is 233 Å². The Balaban J connectivity index is 1.57. The van der Waals surface area contributed by atoms with Gasteiger partial charge in [0.05, 0.1) is 5.54 Å². The van der Waals surface area contributed by atoms with E-state index in [9.17, 15) is 37.1 Å². The first kappa shape index (κ1) is 28.4. The summed E-state index contributed by atoms with van der Waals surface area (Å²) in [6.07, 6.45) is 2.40. The molecule has 0 spiro atoms. The molecule has 1 aromatic carbocycles. The molecule has 0 radical (unpaired) electrons. The van der Waals surface area contributed by atoms with E-state index < -0.39 is 60.4 Å². The lowest BCUT2D eigenvalue weighted by Gasteiger charge is -2.36. The van der Waals surface area contributed by atoms with Gasteiger partial charge in [-0.2, -0.15) is 4.72 Å². The van der Waals surface area contributed by atoms with Gasteiger partial charge in [-0.1, -0.05) is 12.1 Å². The molecule has 6 rings (SSSR count). The first-order valence-electron chi connectivity index (χ1n) is 12.9. The minimum atomic E-state index is -4.56. The van der Waals surface area contributed by atoms with Crippen molar-refractivity contribution >= 4 is 15.9 Å². The fourth-order valence-corrected chi connectivity index (χ4v) is 7.16. The maximum absolute atomic E-state index is 13.6. The maximum Gasteiger partial charge on any atom is 0.330 e. The summed E-state index contributed by atoms with van der Waals surface area (Å²) in [5.41, 5.74) is -3.73. The molecule has 1 amide bonds. The number of aromatic hydroxyl groups is 1. The van der Waals surface area contributed by atoms with Gasteiger partial charge in [0.2, 0.25) is 15.8 Å². The van der Waals surface area contributed by atoms with E-state index in [2.05, 4.69) is 15.0 Å². The summed E-state index contributed by atoms with van der Waals surface area (Å²) in [5, 5.41) is 13.2. The second-order valence-electron chi connectivity index (χ2n) is 10.7. The molecule has 218 valence electrons. The lowest BCUT2D eigenvalue weighted by molar-refractivity contribution is 0.0941. The average molecular weight is 589 g/mol. The van der Waals surface area contributed by atoms with Gasteiger partial charge >= 0.3 is 5.69 Å². The highest BCUT2D eigenvalue weighted by atomic mass is 32.2. The number of hydrogen-bond acceptors (Lipinski definition) is 8. The predicted molar refractivity (Wildman–Crippen MR) is 143 cm³/mol. The second-order valence-corrected chi connectivity index (χ2v) is 12.3. The van der Waals surface area contributed by atoms with Gasteiger partial charge in [0, 0.05) is 33.4 Å². The fraction of sp³-hybridized carbons (Fsp3) is 0.423. The first-order valence-corrected chi connectivity index (χ1v) is 14.4. The molecule has 3 N–H and O–H groups in total. The molecule has 0 atom stereocenters. The maximum atomic E-state index is 13.6. The SMILES string of the molecule is Cc1cc(CNC(=O)c2nc3n(c(=O)c2O)CC2CCC3(NS(=O)(=O)c3cn(C)c(=O)n(C)c3=O)CC2)ccc1F. The molecule has 1 saturated carbocycles. The van der Waals surface area contributed by atoms with Crippen molar-refractivity contribution in [2.75, 3.05) is 0 Å². The number of sulfonamides is 1. The quantitative estimate of drug-likeness (QED) is 0.364. The summed E-state index contributed by atoms with van der Waals surface area (Å²) in [6.45, 7) is 1.69. The van der Waals surface area contributed by atoms with Crippen LogP contribution in [0.15, 0.2) is 43.7 Å². The van der Waals surface area contributed by atoms with Crippen molar-refractivity contribution in [3.05, 3.63) is 84.1 Å². The van der Waals surface area contributed by atoms with E-state index in [0.29, 0.717) is 28.5 Å². The molecule has 13 nitrogen and oxygen atoms in total. The Hall–Kier alpha value is -4.11. The summed E-state index contributed by atoms with van der Waals surface area (Å²) >= 11 is 0. The molecule has 1 fully saturated rings. The zero-order valence-electron chi connectivity index (χ0n) is 22.6. The van der Waals surface area contributed by atoms with Crippen LogP contribution in [0.4, 0.5) is 4.39 Å². The van der Waals surface area contributed by atoms with E-state index in [1.54, 1.807) is 13.0 Å². The molecule has 2 aromatic heterocycles. The molecule has 2 bridgehead atoms. The number of carbonyl (C=O) groups is 1. The number of aryl methyl sites for hydroxylation is 2. The lowest BCUT2D eigenvalue weighted by Crippen LogP contribution is -2.51. The highest BCUT2D eigenvalue weighted by Crippen LogP contribution is 2.43. The fourth-order valence-electron chi connectivity index (χ4n) is 5.57. The molecule has 1 aliphatic carbocycles. The Bertz CT molecular complexity index is 1870. The predicted octanol–water partition coefficient (Wildman–Crippen LogP) is 0.101. The van der Waals surface area contributed by atoms with Crippen molar-refractivity contribution in [2.45, 2.75) is 56.1 Å². The molecule has 4 heterocycles. The first-order chi connectivity index (χ1) is 19.2. The molecule has 3 aromatic rings. The molecule has 41 heavy (non-hydrogen) atoms. The Kier molecular flexibility index (Phi) is 6.98. The van der Waals surface area contributed by atoms with E-state index in [1.165, 1.54) is 23.7 Å². The Morgan fingerprint density at radius 2 is 1.85 bits per heavy atom. The van der Waals surface area contributed by atoms with Gasteiger partial charge in [-0.25, -0.2) is 22.6 Å². The smallest absolute Gasteiger partial charge is 0.330 e. The number of nitrogens with zero attached hydrogens (tertiary/aromatic N) is 4. The second kappa shape index (κ2) is 10.1. The number of nitrogens with one attached hydrogen (secondary N) is 2. The summed E-state index contributed by atoms with van der Waals surface area (Å²) < 4.78 is 46.2. The molecular weight excluding hydrogens is 559 g/mol. The standard InChI is InChI=1S/C26H29FN6O7S/c1-14-10-16(4-5-17(14)27)11-28-21(35)19-20(34)23(37)33-12-15-6-8-26(9-7-15,24(33)29-19)30-41(39,40)18-13-31(2)25(38)32(3)22(18)36/h4-5,10,13,15,30,34H,6-9,11-12H2,1-3H3,(H,28,35). The van der Waals surface area contributed by atoms with Crippen LogP contribution >= 0.6 is 0 Å². The van der Waals surface area contributed by atoms with Crippen molar-refractivity contribution < 1.29 is 22.7 Å². The number of rotatable bonds is 6. The lowest BCUT2D eigenvalue weighted by atomic mass is 9.78. The van der Waals surface area contributed by atoms with E-state index in [-0.39, 0.29) is 37.7 Å². The number of carbonyl (C=O) groups excluding carboxylic acids is 1. The van der Waals surface area contributed by atoms with Gasteiger partial charge in [0.1, 0.15) is 11.6 Å². The van der Waals surface area contributed by atoms with Crippen LogP contribution < -0.4 is 26.8 Å². The minimum Gasteiger partial charge on any atom is -0.501 e. The molecule has 15 heteroatoms. The van der Waals surface area contributed by atoms with Crippen LogP contribution in [-0.4, -0.2) is 38.1 Å². The number of hydrogen-bond donors (Lipinski definition) is 3. The van der Waals surface area contributed by atoms with Crippen LogP contribution in [0.5, 0.6) is 5.75 Å². The van der Waals surface area contributed by atoms with E-state index in [0.717, 1.165) is 17.8 Å². The third kappa shape index (κ3) is 4.88. The molecule has 0 unspecified atom stereocenters. The molecular formula is C26H29FN6O7S. The highest BCUT2D eigenvalue weighted by Gasteiger charge is 2.48. The van der Waals surface area contributed by atoms with Crippen LogP contribution in [0, 0.1) is 18.7 Å². The normalized spacial score (nSPS) is 20.0. The third-order valence-corrected chi connectivity index (χ3v) is 9.42. The van der Waals surface area contributed by atoms with Gasteiger partial charge in [0.25, 0.3) is 17.0 Å². The van der Waals surface area contributed by atoms with Gasteiger partial charge in [-0.05, 0) is 55.7 Å². The number of benzene rings is 1. The summed E-state index contributed by atoms with van der Waals surface area (Å²) in [5.74, 6) is -2.22. The van der Waals surface area contributed by atoms with Crippen molar-refractivity contribution in [3.63, 3.8) is 0 Å². The van der Waals surface area contributed by atoms with E-state index >= 15 is 0 Å². The average Bonchev–Trinajstić information content (AvgIpc) is 3.17. The van der Waals surface area contributed by atoms with Crippen molar-refractivity contribution in [2.24, 2.45) is 20.0 Å². The molecule has 0 saturated heterocycles. The largest absolute Gasteiger partial charge is 0.501 e. The van der Waals surface area contributed by atoms with Gasteiger partial charge in [-0.15, -0.1) is 0 Å². The van der Waals surface area contributed by atoms with Gasteiger partial charge in [-0.3, -0.25) is 23.5 Å². The topological polar surface area (TPSA) is 174 Å². The van der Waals surface area contributed by atoms with E-state index in [4.69, 9.17) is 0 Å². The summed E-state index contributed by atoms with van der Waals surface area (Å²) in [7, 11) is -2.08. The Morgan fingerprint density at radius 1 is 1.17 bits per heavy atom. The zero-order valence-corrected chi connectivity index (χ0v) is 23.4. The third-order valence-electron chi connectivity index (χ3n) is 7.90. The van der Waals surface area contributed by atoms with Crippen molar-refractivity contribution in [3.8, 4) is 5.75 Å².